The van der Waals surface area contributed by atoms with Gasteiger partial charge >= 0.3 is 13.8 Å². The van der Waals surface area contributed by atoms with Gasteiger partial charge in [-0.25, -0.2) is 4.57 Å². The van der Waals surface area contributed by atoms with Gasteiger partial charge in [-0.2, -0.15) is 0 Å². The number of allylic oxidation sites excluding steroid dienone is 15. The van der Waals surface area contributed by atoms with E-state index in [2.05, 4.69) is 111 Å². The quantitative estimate of drug-likeness (QED) is 0.0220. The maximum absolute atomic E-state index is 12.7. The summed E-state index contributed by atoms with van der Waals surface area (Å²) in [6.45, 7) is 5.12. The van der Waals surface area contributed by atoms with Gasteiger partial charge in [0.1, 0.15) is 19.3 Å². The van der Waals surface area contributed by atoms with Crippen molar-refractivity contribution in [1.82, 2.24) is 0 Å². The Balaban J connectivity index is 4.41. The summed E-state index contributed by atoms with van der Waals surface area (Å²) in [6.07, 6.45) is 51.8. The fourth-order valence-electron chi connectivity index (χ4n) is 4.98. The first-order valence-corrected chi connectivity index (χ1v) is 22.5. The second kappa shape index (κ2) is 38.3. The van der Waals surface area contributed by atoms with Gasteiger partial charge in [-0.1, -0.05) is 143 Å². The molecule has 0 aromatic heterocycles. The highest BCUT2D eigenvalue weighted by Gasteiger charge is 2.26. The van der Waals surface area contributed by atoms with Crippen molar-refractivity contribution in [3.8, 4) is 0 Å². The number of carbonyl (C=O) groups is 1. The van der Waals surface area contributed by atoms with Gasteiger partial charge in [0.15, 0.2) is 0 Å². The molecular formula is C46H79NO7P+. The molecule has 0 aliphatic heterocycles. The number of esters is 1. The third-order valence-electron chi connectivity index (χ3n) is 8.16. The van der Waals surface area contributed by atoms with Gasteiger partial charge in [-0.15, -0.1) is 0 Å². The molecule has 0 amide bonds. The predicted octanol–water partition coefficient (Wildman–Crippen LogP) is 12.3. The topological polar surface area (TPSA) is 91.3 Å². The highest BCUT2D eigenvalue weighted by atomic mass is 31.2. The van der Waals surface area contributed by atoms with Crippen molar-refractivity contribution in [2.45, 2.75) is 136 Å². The number of hydrogen-bond acceptors (Lipinski definition) is 6. The molecule has 0 heterocycles. The molecule has 0 radical (unpaired) electrons. The molecule has 314 valence electrons. The van der Waals surface area contributed by atoms with Crippen molar-refractivity contribution in [2.75, 3.05) is 54.1 Å². The molecule has 2 unspecified atom stereocenters. The molecule has 0 aromatic rings. The normalized spacial score (nSPS) is 14.8. The maximum atomic E-state index is 12.7. The molecule has 0 aromatic carbocycles. The molecule has 0 spiro atoms. The molecule has 0 aliphatic rings. The Kier molecular flexibility index (Phi) is 36.5. The monoisotopic (exact) mass is 789 g/mol. The van der Waals surface area contributed by atoms with Crippen molar-refractivity contribution in [1.29, 1.82) is 0 Å². The summed E-state index contributed by atoms with van der Waals surface area (Å²) in [7, 11) is 1.60. The minimum Gasteiger partial charge on any atom is -0.457 e. The third kappa shape index (κ3) is 42.4. The van der Waals surface area contributed by atoms with Crippen LogP contribution in [0.15, 0.2) is 97.2 Å². The van der Waals surface area contributed by atoms with Crippen LogP contribution in [-0.4, -0.2) is 75.6 Å². The highest BCUT2D eigenvalue weighted by Crippen LogP contribution is 2.43. The molecule has 9 heteroatoms. The molecule has 8 nitrogen and oxygen atoms in total. The van der Waals surface area contributed by atoms with Crippen LogP contribution in [0.25, 0.3) is 0 Å². The lowest BCUT2D eigenvalue weighted by Gasteiger charge is -2.24. The molecule has 2 atom stereocenters. The van der Waals surface area contributed by atoms with Gasteiger partial charge in [-0.05, 0) is 77.0 Å². The highest BCUT2D eigenvalue weighted by molar-refractivity contribution is 7.47. The minimum atomic E-state index is -4.30. The average Bonchev–Trinajstić information content (AvgIpc) is 3.13. The number of carbonyl (C=O) groups excluding carboxylic acids is 1. The van der Waals surface area contributed by atoms with Gasteiger partial charge in [0.25, 0.3) is 0 Å². The fourth-order valence-corrected chi connectivity index (χ4v) is 5.72. The number of nitrogens with zero attached hydrogens (tertiary/aromatic N) is 1. The lowest BCUT2D eigenvalue weighted by atomic mass is 10.1. The molecule has 0 saturated heterocycles. The summed E-state index contributed by atoms with van der Waals surface area (Å²) in [5.41, 5.74) is 0. The lowest BCUT2D eigenvalue weighted by Crippen LogP contribution is -2.37. The van der Waals surface area contributed by atoms with E-state index >= 15 is 0 Å². The number of likely N-dealkylation sites (N-methyl/N-ethyl adjacent to an activating group) is 1. The lowest BCUT2D eigenvalue weighted by molar-refractivity contribution is -0.870. The van der Waals surface area contributed by atoms with Crippen LogP contribution in [0.3, 0.4) is 0 Å². The van der Waals surface area contributed by atoms with Crippen molar-refractivity contribution in [2.24, 2.45) is 0 Å². The first-order chi connectivity index (χ1) is 26.6. The Bertz CT molecular complexity index is 1190. The van der Waals surface area contributed by atoms with Crippen LogP contribution >= 0.6 is 7.82 Å². The molecular weight excluding hydrogens is 709 g/mol. The smallest absolute Gasteiger partial charge is 0.457 e. The first kappa shape index (κ1) is 52.4. The summed E-state index contributed by atoms with van der Waals surface area (Å²) >= 11 is 0. The van der Waals surface area contributed by atoms with Gasteiger partial charge < -0.3 is 18.9 Å². The Morgan fingerprint density at radius 1 is 0.564 bits per heavy atom. The summed E-state index contributed by atoms with van der Waals surface area (Å²) < 4.78 is 34.8. The number of ether oxygens (including phenoxy) is 2. The predicted molar refractivity (Wildman–Crippen MR) is 233 cm³/mol. The number of phosphoric ester groups is 1. The molecule has 55 heavy (non-hydrogen) atoms. The summed E-state index contributed by atoms with van der Waals surface area (Å²) in [5.74, 6) is -0.354. The number of quaternary nitrogens is 1. The van der Waals surface area contributed by atoms with E-state index in [1.807, 2.05) is 21.1 Å². The van der Waals surface area contributed by atoms with E-state index in [1.54, 1.807) is 0 Å². The molecule has 1 N–H and O–H groups in total. The van der Waals surface area contributed by atoms with E-state index in [4.69, 9.17) is 18.5 Å². The maximum Gasteiger partial charge on any atom is 0.472 e. The van der Waals surface area contributed by atoms with Gasteiger partial charge in [-0.3, -0.25) is 13.8 Å². The molecule has 0 bridgehead atoms. The van der Waals surface area contributed by atoms with Gasteiger partial charge in [0, 0.05) is 6.42 Å². The van der Waals surface area contributed by atoms with E-state index in [9.17, 15) is 14.3 Å². The van der Waals surface area contributed by atoms with Crippen LogP contribution in [-0.2, 0) is 27.9 Å². The van der Waals surface area contributed by atoms with Gasteiger partial charge in [0.2, 0.25) is 0 Å². The fraction of sp³-hybridized carbons (Fsp3) is 0.630. The van der Waals surface area contributed by atoms with E-state index in [0.717, 1.165) is 83.5 Å². The molecule has 0 saturated carbocycles. The zero-order valence-corrected chi connectivity index (χ0v) is 36.3. The Labute approximate surface area is 337 Å². The number of unbranched alkanes of at least 4 members (excludes halogenated alkanes) is 7. The zero-order valence-electron chi connectivity index (χ0n) is 35.4. The average molecular weight is 789 g/mol. The van der Waals surface area contributed by atoms with Crippen LogP contribution < -0.4 is 0 Å². The molecule has 0 aliphatic carbocycles. The van der Waals surface area contributed by atoms with Crippen LogP contribution in [0.2, 0.25) is 0 Å². The summed E-state index contributed by atoms with van der Waals surface area (Å²) in [6, 6.07) is 0. The van der Waals surface area contributed by atoms with Crippen LogP contribution in [0.5, 0.6) is 0 Å². The van der Waals surface area contributed by atoms with E-state index in [0.29, 0.717) is 30.5 Å². The van der Waals surface area contributed by atoms with Gasteiger partial charge in [0.05, 0.1) is 41.0 Å². The zero-order chi connectivity index (χ0) is 40.6. The van der Waals surface area contributed by atoms with Crippen molar-refractivity contribution < 1.29 is 37.3 Å². The number of phosphoric acid groups is 1. The van der Waals surface area contributed by atoms with Crippen LogP contribution in [0.1, 0.15) is 129 Å². The standard InChI is InChI=1S/C46H78NO7P/c1-6-8-10-12-14-16-18-20-22-24-25-27-29-31-33-35-37-39-46(48)54-45(44-53-55(49,50)52-42-40-47(3,4)5)43-51-41-38-36-34-32-30-28-26-23-21-19-17-15-13-11-9-7-2/h8-11,14-17,20-23,28,30,34,36,45H,6-7,12-13,18-19,24-27,29,31-33,35,37-44H2,1-5H3/p+1/b10-8-,11-9-,16-14-,17-15-,22-20-,23-21-,30-28-,36-34-. The SMILES string of the molecule is CC/C=C\C/C=C\C/C=C\C/C=C\C/C=C\CCOCC(COP(=O)(O)OCC[N+](C)(C)C)OC(=O)CCCCCCCCC/C=C\C/C=C\C/C=C\CC. The van der Waals surface area contributed by atoms with Crippen molar-refractivity contribution in [3.05, 3.63) is 97.2 Å². The molecule has 0 rings (SSSR count). The second-order valence-electron chi connectivity index (χ2n) is 14.6. The van der Waals surface area contributed by atoms with E-state index in [1.165, 1.54) is 19.3 Å². The van der Waals surface area contributed by atoms with Crippen LogP contribution in [0.4, 0.5) is 0 Å². The largest absolute Gasteiger partial charge is 0.472 e. The first-order valence-electron chi connectivity index (χ1n) is 21.0. The third-order valence-corrected chi connectivity index (χ3v) is 9.14. The second-order valence-corrected chi connectivity index (χ2v) is 16.1. The number of rotatable bonds is 37. The minimum absolute atomic E-state index is 0.0673. The van der Waals surface area contributed by atoms with E-state index < -0.39 is 13.9 Å². The Morgan fingerprint density at radius 3 is 1.49 bits per heavy atom. The van der Waals surface area contributed by atoms with Crippen molar-refractivity contribution in [3.63, 3.8) is 0 Å². The Hall–Kier alpha value is -2.58. The van der Waals surface area contributed by atoms with Crippen molar-refractivity contribution >= 4 is 13.8 Å². The summed E-state index contributed by atoms with van der Waals surface area (Å²) in [5, 5.41) is 0. The molecule has 0 fully saturated rings. The van der Waals surface area contributed by atoms with Crippen LogP contribution in [0, 0.1) is 0 Å². The summed E-state index contributed by atoms with van der Waals surface area (Å²) in [4.78, 5) is 22.9. The van der Waals surface area contributed by atoms with E-state index in [-0.39, 0.29) is 25.8 Å². The number of hydrogen-bond donors (Lipinski definition) is 1. The Morgan fingerprint density at radius 2 is 1.00 bits per heavy atom.